The van der Waals surface area contributed by atoms with Gasteiger partial charge in [-0.25, -0.2) is 0 Å². The maximum atomic E-state index is 12.7. The molecule has 138 valence electrons. The topological polar surface area (TPSA) is 50.4 Å². The van der Waals surface area contributed by atoms with Gasteiger partial charge in [-0.05, 0) is 61.5 Å². The third kappa shape index (κ3) is 4.64. The van der Waals surface area contributed by atoms with E-state index in [1.54, 1.807) is 0 Å². The van der Waals surface area contributed by atoms with Crippen LogP contribution in [0, 0.1) is 12.3 Å². The highest BCUT2D eigenvalue weighted by atomic mass is 16.5. The van der Waals surface area contributed by atoms with Crippen LogP contribution in [0.4, 0.5) is 0 Å². The summed E-state index contributed by atoms with van der Waals surface area (Å²) in [6, 6.07) is 15.6. The van der Waals surface area contributed by atoms with E-state index < -0.39 is 0 Å². The molecular weight excluding hydrogens is 324 g/mol. The number of carbonyl (C=O) groups is 1. The maximum Gasteiger partial charge on any atom is 0.255 e. The number of carbonyl (C=O) groups excluding carboxylic acids is 1. The van der Waals surface area contributed by atoms with Gasteiger partial charge in [0.05, 0.1) is 5.56 Å². The molecule has 0 spiro atoms. The summed E-state index contributed by atoms with van der Waals surface area (Å²) >= 11 is 0. The van der Waals surface area contributed by atoms with E-state index in [2.05, 4.69) is 36.6 Å². The van der Waals surface area contributed by atoms with Crippen LogP contribution in [0.15, 0.2) is 48.5 Å². The minimum absolute atomic E-state index is 0.0647. The van der Waals surface area contributed by atoms with Crippen molar-refractivity contribution in [2.45, 2.75) is 33.3 Å². The van der Waals surface area contributed by atoms with E-state index in [0.29, 0.717) is 24.5 Å². The van der Waals surface area contributed by atoms with Gasteiger partial charge in [-0.1, -0.05) is 43.3 Å². The predicted octanol–water partition coefficient (Wildman–Crippen LogP) is 3.69. The van der Waals surface area contributed by atoms with Crippen LogP contribution in [0.25, 0.3) is 0 Å². The van der Waals surface area contributed by atoms with E-state index in [1.807, 2.05) is 36.4 Å². The third-order valence-corrected chi connectivity index (χ3v) is 5.26. The molecule has 2 aromatic rings. The molecule has 0 atom stereocenters. The molecule has 2 N–H and O–H groups in total. The van der Waals surface area contributed by atoms with Crippen LogP contribution >= 0.6 is 0 Å². The van der Waals surface area contributed by atoms with E-state index in [4.69, 9.17) is 4.74 Å². The Morgan fingerprint density at radius 1 is 1.12 bits per heavy atom. The lowest BCUT2D eigenvalue weighted by Gasteiger charge is -2.34. The minimum atomic E-state index is -0.0647. The highest BCUT2D eigenvalue weighted by molar-refractivity contribution is 5.96. The average Bonchev–Trinajstić information content (AvgIpc) is 2.66. The molecule has 0 aromatic heterocycles. The zero-order chi connectivity index (χ0) is 18.4. The minimum Gasteiger partial charge on any atom is -0.488 e. The molecule has 2 aromatic carbocycles. The van der Waals surface area contributed by atoms with Crippen LogP contribution in [0.2, 0.25) is 0 Å². The fourth-order valence-electron chi connectivity index (χ4n) is 3.30. The Balaban J connectivity index is 1.64. The second kappa shape index (κ2) is 8.37. The number of nitrogens with one attached hydrogen (secondary N) is 2. The van der Waals surface area contributed by atoms with Crippen LogP contribution in [-0.2, 0) is 6.61 Å². The van der Waals surface area contributed by atoms with Crippen molar-refractivity contribution in [3.8, 4) is 5.75 Å². The standard InChI is InChI=1S/C22H28N2O2/c1-17-7-3-4-8-18(17)15-26-20-10-6-5-9-19(20)21(25)24-16-22(2)11-13-23-14-12-22/h3-10,23H,11-16H2,1-2H3,(H,24,25). The number of hydrogen-bond acceptors (Lipinski definition) is 3. The van der Waals surface area contributed by atoms with Gasteiger partial charge in [-0.15, -0.1) is 0 Å². The molecule has 1 saturated heterocycles. The fraction of sp³-hybridized carbons (Fsp3) is 0.409. The number of rotatable bonds is 6. The van der Waals surface area contributed by atoms with Gasteiger partial charge in [0.15, 0.2) is 0 Å². The number of benzene rings is 2. The van der Waals surface area contributed by atoms with E-state index in [0.717, 1.165) is 31.5 Å². The van der Waals surface area contributed by atoms with Crippen molar-refractivity contribution in [3.63, 3.8) is 0 Å². The molecule has 4 nitrogen and oxygen atoms in total. The van der Waals surface area contributed by atoms with E-state index in [9.17, 15) is 4.79 Å². The van der Waals surface area contributed by atoms with Crippen molar-refractivity contribution < 1.29 is 9.53 Å². The summed E-state index contributed by atoms with van der Waals surface area (Å²) in [5.74, 6) is 0.564. The quantitative estimate of drug-likeness (QED) is 0.833. The molecule has 1 aliphatic rings. The molecule has 1 amide bonds. The Labute approximate surface area is 156 Å². The first-order valence-electron chi connectivity index (χ1n) is 9.33. The molecule has 0 aliphatic carbocycles. The van der Waals surface area contributed by atoms with Gasteiger partial charge in [0.1, 0.15) is 12.4 Å². The molecule has 0 radical (unpaired) electrons. The van der Waals surface area contributed by atoms with E-state index in [1.165, 1.54) is 5.56 Å². The SMILES string of the molecule is Cc1ccccc1COc1ccccc1C(=O)NCC1(C)CCNCC1. The van der Waals surface area contributed by atoms with Gasteiger partial charge in [-0.2, -0.15) is 0 Å². The normalized spacial score (nSPS) is 16.1. The van der Waals surface area contributed by atoms with Gasteiger partial charge >= 0.3 is 0 Å². The Bertz CT molecular complexity index is 751. The van der Waals surface area contributed by atoms with Crippen molar-refractivity contribution in [2.75, 3.05) is 19.6 Å². The first-order chi connectivity index (χ1) is 12.6. The molecule has 1 fully saturated rings. The summed E-state index contributed by atoms with van der Waals surface area (Å²) in [5, 5.41) is 6.48. The summed E-state index contributed by atoms with van der Waals surface area (Å²) in [5.41, 5.74) is 3.08. The molecule has 26 heavy (non-hydrogen) atoms. The summed E-state index contributed by atoms with van der Waals surface area (Å²) in [4.78, 5) is 12.7. The summed E-state index contributed by atoms with van der Waals surface area (Å²) < 4.78 is 5.97. The van der Waals surface area contributed by atoms with E-state index >= 15 is 0 Å². The first kappa shape index (κ1) is 18.5. The lowest BCUT2D eigenvalue weighted by Crippen LogP contribution is -2.42. The van der Waals surface area contributed by atoms with Crippen molar-refractivity contribution in [1.82, 2.24) is 10.6 Å². The average molecular weight is 352 g/mol. The van der Waals surface area contributed by atoms with Crippen LogP contribution in [0.5, 0.6) is 5.75 Å². The number of ether oxygens (including phenoxy) is 1. The molecule has 4 heteroatoms. The van der Waals surface area contributed by atoms with Crippen molar-refractivity contribution in [3.05, 3.63) is 65.2 Å². The predicted molar refractivity (Wildman–Crippen MR) is 104 cm³/mol. The number of aryl methyl sites for hydroxylation is 1. The van der Waals surface area contributed by atoms with Crippen LogP contribution in [0.3, 0.4) is 0 Å². The molecule has 1 aliphatic heterocycles. The van der Waals surface area contributed by atoms with Gasteiger partial charge in [0.2, 0.25) is 0 Å². The number of hydrogen-bond donors (Lipinski definition) is 2. The Hall–Kier alpha value is -2.33. The van der Waals surface area contributed by atoms with Gasteiger partial charge < -0.3 is 15.4 Å². The van der Waals surface area contributed by atoms with Crippen molar-refractivity contribution >= 4 is 5.91 Å². The van der Waals surface area contributed by atoms with Crippen LogP contribution in [0.1, 0.15) is 41.3 Å². The maximum absolute atomic E-state index is 12.7. The zero-order valence-electron chi connectivity index (χ0n) is 15.7. The largest absolute Gasteiger partial charge is 0.488 e. The molecular formula is C22H28N2O2. The summed E-state index contributed by atoms with van der Waals surface area (Å²) in [6.45, 7) is 7.50. The number of piperidine rings is 1. The highest BCUT2D eigenvalue weighted by Gasteiger charge is 2.27. The van der Waals surface area contributed by atoms with Crippen molar-refractivity contribution in [2.24, 2.45) is 5.41 Å². The fourth-order valence-corrected chi connectivity index (χ4v) is 3.30. The lowest BCUT2D eigenvalue weighted by molar-refractivity contribution is 0.0917. The van der Waals surface area contributed by atoms with E-state index in [-0.39, 0.29) is 11.3 Å². The molecule has 0 saturated carbocycles. The second-order valence-electron chi connectivity index (χ2n) is 7.45. The Kier molecular flexibility index (Phi) is 5.94. The highest BCUT2D eigenvalue weighted by Crippen LogP contribution is 2.27. The zero-order valence-corrected chi connectivity index (χ0v) is 15.7. The molecule has 0 unspecified atom stereocenters. The van der Waals surface area contributed by atoms with Gasteiger partial charge in [-0.3, -0.25) is 4.79 Å². The number of amides is 1. The van der Waals surface area contributed by atoms with Gasteiger partial charge in [0.25, 0.3) is 5.91 Å². The molecule has 3 rings (SSSR count). The van der Waals surface area contributed by atoms with Crippen LogP contribution in [-0.4, -0.2) is 25.5 Å². The lowest BCUT2D eigenvalue weighted by atomic mass is 9.81. The smallest absolute Gasteiger partial charge is 0.255 e. The molecule has 1 heterocycles. The van der Waals surface area contributed by atoms with Crippen molar-refractivity contribution in [1.29, 1.82) is 0 Å². The summed E-state index contributed by atoms with van der Waals surface area (Å²) in [6.07, 6.45) is 2.16. The molecule has 0 bridgehead atoms. The first-order valence-corrected chi connectivity index (χ1v) is 9.33. The second-order valence-corrected chi connectivity index (χ2v) is 7.45. The Morgan fingerprint density at radius 3 is 2.58 bits per heavy atom. The monoisotopic (exact) mass is 352 g/mol. The summed E-state index contributed by atoms with van der Waals surface area (Å²) in [7, 11) is 0. The Morgan fingerprint density at radius 2 is 1.81 bits per heavy atom. The number of para-hydroxylation sites is 1. The van der Waals surface area contributed by atoms with Crippen LogP contribution < -0.4 is 15.4 Å². The third-order valence-electron chi connectivity index (χ3n) is 5.26. The van der Waals surface area contributed by atoms with Gasteiger partial charge in [0, 0.05) is 6.54 Å².